The molecule has 1 atom stereocenters. The molecule has 0 saturated carbocycles. The summed E-state index contributed by atoms with van der Waals surface area (Å²) in [6.45, 7) is 1.66. The van der Waals surface area contributed by atoms with Crippen molar-refractivity contribution < 1.29 is 19.4 Å². The summed E-state index contributed by atoms with van der Waals surface area (Å²) in [6, 6.07) is 0. The van der Waals surface area contributed by atoms with Gasteiger partial charge >= 0.3 is 5.97 Å². The minimum absolute atomic E-state index is 0.116. The molecular formula is C12H16ClN3O4. The summed E-state index contributed by atoms with van der Waals surface area (Å²) in [6.07, 6.45) is 1.73. The number of ether oxygens (including phenoxy) is 1. The van der Waals surface area contributed by atoms with Gasteiger partial charge in [0.1, 0.15) is 5.15 Å². The third-order valence-corrected chi connectivity index (χ3v) is 3.07. The van der Waals surface area contributed by atoms with Gasteiger partial charge in [0.05, 0.1) is 12.2 Å². The van der Waals surface area contributed by atoms with E-state index in [4.69, 9.17) is 21.4 Å². The van der Waals surface area contributed by atoms with E-state index in [0.29, 0.717) is 16.4 Å². The lowest BCUT2D eigenvalue weighted by atomic mass is 10.2. The van der Waals surface area contributed by atoms with Crippen molar-refractivity contribution in [3.63, 3.8) is 0 Å². The van der Waals surface area contributed by atoms with E-state index in [-0.39, 0.29) is 6.54 Å². The van der Waals surface area contributed by atoms with E-state index in [1.807, 2.05) is 0 Å². The van der Waals surface area contributed by atoms with Crippen molar-refractivity contribution in [3.8, 4) is 0 Å². The Morgan fingerprint density at radius 3 is 2.70 bits per heavy atom. The number of carbonyl (C=O) groups is 2. The number of hydrogen-bond acceptors (Lipinski definition) is 4. The van der Waals surface area contributed by atoms with Crippen LogP contribution in [0.4, 0.5) is 0 Å². The molecule has 0 saturated heterocycles. The molecule has 0 aliphatic rings. The number of aryl methyl sites for hydroxylation is 2. The molecule has 0 aliphatic heterocycles. The van der Waals surface area contributed by atoms with E-state index in [9.17, 15) is 9.59 Å². The third-order valence-electron chi connectivity index (χ3n) is 2.62. The molecule has 1 unspecified atom stereocenters. The fourth-order valence-electron chi connectivity index (χ4n) is 1.52. The zero-order valence-electron chi connectivity index (χ0n) is 11.4. The predicted molar refractivity (Wildman–Crippen MR) is 73.4 cm³/mol. The molecule has 2 N–H and O–H groups in total. The van der Waals surface area contributed by atoms with Crippen molar-refractivity contribution in [1.29, 1.82) is 0 Å². The Hall–Kier alpha value is -1.86. The van der Waals surface area contributed by atoms with Gasteiger partial charge in [0.15, 0.2) is 6.10 Å². The molecule has 1 aromatic rings. The Kier molecular flexibility index (Phi) is 5.72. The van der Waals surface area contributed by atoms with E-state index < -0.39 is 18.0 Å². The molecular weight excluding hydrogens is 286 g/mol. The highest BCUT2D eigenvalue weighted by atomic mass is 35.5. The fourth-order valence-corrected chi connectivity index (χ4v) is 1.76. The Balaban J connectivity index is 2.62. The summed E-state index contributed by atoms with van der Waals surface area (Å²) in [5.41, 5.74) is 1.34. The summed E-state index contributed by atoms with van der Waals surface area (Å²) in [5.74, 6) is -1.57. The minimum Gasteiger partial charge on any atom is -0.479 e. The van der Waals surface area contributed by atoms with E-state index in [2.05, 4.69) is 10.4 Å². The van der Waals surface area contributed by atoms with Gasteiger partial charge in [-0.2, -0.15) is 5.10 Å². The standard InChI is InChI=1S/C12H16ClN3O4/c1-7-8(11(13)16(2)15-7)4-5-10(17)14-6-9(20-3)12(18)19/h4-5,9H,6H2,1-3H3,(H,14,17)(H,18,19)/b5-4+. The number of methoxy groups -OCH3 is 1. The van der Waals surface area contributed by atoms with E-state index in [1.165, 1.54) is 23.9 Å². The van der Waals surface area contributed by atoms with Crippen LogP contribution >= 0.6 is 11.6 Å². The van der Waals surface area contributed by atoms with Crippen LogP contribution in [-0.4, -0.2) is 46.5 Å². The first-order valence-electron chi connectivity index (χ1n) is 5.77. The summed E-state index contributed by atoms with van der Waals surface area (Å²) in [5, 5.41) is 15.7. The van der Waals surface area contributed by atoms with Crippen LogP contribution in [-0.2, 0) is 21.4 Å². The highest BCUT2D eigenvalue weighted by molar-refractivity contribution is 6.31. The smallest absolute Gasteiger partial charge is 0.334 e. The van der Waals surface area contributed by atoms with Crippen LogP contribution in [0.25, 0.3) is 6.08 Å². The lowest BCUT2D eigenvalue weighted by Gasteiger charge is -2.09. The number of hydrogen-bond donors (Lipinski definition) is 2. The first kappa shape index (κ1) is 16.2. The normalized spacial score (nSPS) is 12.6. The quantitative estimate of drug-likeness (QED) is 0.751. The van der Waals surface area contributed by atoms with Gasteiger partial charge in [-0.15, -0.1) is 0 Å². The van der Waals surface area contributed by atoms with Crippen molar-refractivity contribution in [3.05, 3.63) is 22.5 Å². The fraction of sp³-hybridized carbons (Fsp3) is 0.417. The number of nitrogens with one attached hydrogen (secondary N) is 1. The van der Waals surface area contributed by atoms with Gasteiger partial charge in [-0.1, -0.05) is 11.6 Å². The summed E-state index contributed by atoms with van der Waals surface area (Å²) in [7, 11) is 2.96. The number of carboxylic acids is 1. The number of aromatic nitrogens is 2. The average molecular weight is 302 g/mol. The Morgan fingerprint density at radius 2 is 2.25 bits per heavy atom. The van der Waals surface area contributed by atoms with E-state index in [1.54, 1.807) is 14.0 Å². The van der Waals surface area contributed by atoms with Crippen molar-refractivity contribution >= 4 is 29.6 Å². The Bertz CT molecular complexity index is 539. The van der Waals surface area contributed by atoms with Gasteiger partial charge in [-0.25, -0.2) is 4.79 Å². The topological polar surface area (TPSA) is 93.5 Å². The second kappa shape index (κ2) is 7.06. The second-order valence-corrected chi connectivity index (χ2v) is 4.41. The SMILES string of the molecule is COC(CNC(=O)/C=C/c1c(C)nn(C)c1Cl)C(=O)O. The van der Waals surface area contributed by atoms with Gasteiger partial charge in [0, 0.05) is 25.8 Å². The first-order valence-corrected chi connectivity index (χ1v) is 6.15. The van der Waals surface area contributed by atoms with Crippen LogP contribution in [0, 0.1) is 6.92 Å². The van der Waals surface area contributed by atoms with Crippen molar-refractivity contribution in [2.75, 3.05) is 13.7 Å². The largest absolute Gasteiger partial charge is 0.479 e. The van der Waals surface area contributed by atoms with Crippen LogP contribution in [0.5, 0.6) is 0 Å². The molecule has 0 spiro atoms. The van der Waals surface area contributed by atoms with E-state index in [0.717, 1.165) is 0 Å². The van der Waals surface area contributed by atoms with Gasteiger partial charge in [0.2, 0.25) is 5.91 Å². The first-order chi connectivity index (χ1) is 9.36. The van der Waals surface area contributed by atoms with Crippen molar-refractivity contribution in [2.45, 2.75) is 13.0 Å². The molecule has 0 radical (unpaired) electrons. The number of halogens is 1. The number of carboxylic acid groups (broad SMARTS) is 1. The highest BCUT2D eigenvalue weighted by Crippen LogP contribution is 2.19. The molecule has 0 aliphatic carbocycles. The second-order valence-electron chi connectivity index (χ2n) is 4.05. The van der Waals surface area contributed by atoms with Gasteiger partial charge < -0.3 is 15.2 Å². The molecule has 0 aromatic carbocycles. The maximum absolute atomic E-state index is 11.6. The van der Waals surface area contributed by atoms with Gasteiger partial charge in [-0.3, -0.25) is 9.48 Å². The molecule has 0 bridgehead atoms. The molecule has 1 rings (SSSR count). The summed E-state index contributed by atoms with van der Waals surface area (Å²) < 4.78 is 6.19. The number of amides is 1. The van der Waals surface area contributed by atoms with Crippen LogP contribution in [0.1, 0.15) is 11.3 Å². The minimum atomic E-state index is -1.14. The van der Waals surface area contributed by atoms with Crippen LogP contribution < -0.4 is 5.32 Å². The number of nitrogens with zero attached hydrogens (tertiary/aromatic N) is 2. The Morgan fingerprint density at radius 1 is 1.60 bits per heavy atom. The third kappa shape index (κ3) is 4.07. The van der Waals surface area contributed by atoms with E-state index >= 15 is 0 Å². The highest BCUT2D eigenvalue weighted by Gasteiger charge is 2.16. The van der Waals surface area contributed by atoms with Crippen LogP contribution in [0.2, 0.25) is 5.15 Å². The number of carbonyl (C=O) groups excluding carboxylic acids is 1. The molecule has 1 aromatic heterocycles. The van der Waals surface area contributed by atoms with Crippen molar-refractivity contribution in [2.24, 2.45) is 7.05 Å². The lowest BCUT2D eigenvalue weighted by molar-refractivity contribution is -0.148. The molecule has 110 valence electrons. The molecule has 7 nitrogen and oxygen atoms in total. The molecule has 8 heteroatoms. The Labute approximate surface area is 121 Å². The van der Waals surface area contributed by atoms with Crippen molar-refractivity contribution in [1.82, 2.24) is 15.1 Å². The monoisotopic (exact) mass is 301 g/mol. The zero-order valence-corrected chi connectivity index (χ0v) is 12.1. The molecule has 1 heterocycles. The zero-order chi connectivity index (χ0) is 15.3. The summed E-state index contributed by atoms with van der Waals surface area (Å²) in [4.78, 5) is 22.3. The maximum atomic E-state index is 11.6. The molecule has 1 amide bonds. The van der Waals surface area contributed by atoms with Gasteiger partial charge in [0.25, 0.3) is 0 Å². The number of rotatable bonds is 6. The van der Waals surface area contributed by atoms with Gasteiger partial charge in [-0.05, 0) is 13.0 Å². The maximum Gasteiger partial charge on any atom is 0.334 e. The molecule has 20 heavy (non-hydrogen) atoms. The average Bonchev–Trinajstić information content (AvgIpc) is 2.61. The predicted octanol–water partition coefficient (Wildman–Crippen LogP) is 0.611. The molecule has 0 fully saturated rings. The summed E-state index contributed by atoms with van der Waals surface area (Å²) >= 11 is 6.01. The lowest BCUT2D eigenvalue weighted by Crippen LogP contribution is -2.37. The van der Waals surface area contributed by atoms with Crippen LogP contribution in [0.15, 0.2) is 6.08 Å². The number of aliphatic carboxylic acids is 1. The van der Waals surface area contributed by atoms with Crippen LogP contribution in [0.3, 0.4) is 0 Å².